The zero-order chi connectivity index (χ0) is 15.6. The summed E-state index contributed by atoms with van der Waals surface area (Å²) in [6.45, 7) is 16.6. The van der Waals surface area contributed by atoms with Gasteiger partial charge in [-0.1, -0.05) is 0 Å². The molecule has 120 valence electrons. The highest BCUT2D eigenvalue weighted by Crippen LogP contribution is 2.23. The van der Waals surface area contributed by atoms with E-state index in [1.54, 1.807) is 0 Å². The molecule has 0 aromatic carbocycles. The minimum absolute atomic E-state index is 0.183. The van der Waals surface area contributed by atoms with Gasteiger partial charge in [-0.25, -0.2) is 0 Å². The van der Waals surface area contributed by atoms with Crippen LogP contribution in [0.5, 0.6) is 0 Å². The van der Waals surface area contributed by atoms with E-state index < -0.39 is 0 Å². The van der Waals surface area contributed by atoms with Crippen molar-refractivity contribution in [1.29, 1.82) is 0 Å². The molecule has 0 aliphatic carbocycles. The maximum Gasteiger partial charge on any atom is 0.105 e. The molecule has 0 saturated carbocycles. The first-order valence-corrected chi connectivity index (χ1v) is 8.03. The van der Waals surface area contributed by atoms with Crippen molar-refractivity contribution in [2.24, 2.45) is 0 Å². The van der Waals surface area contributed by atoms with Crippen molar-refractivity contribution in [3.05, 3.63) is 23.2 Å². The Bertz CT molecular complexity index is 459. The van der Waals surface area contributed by atoms with E-state index in [1.165, 1.54) is 18.7 Å². The normalized spacial score (nSPS) is 19.9. The number of aryl methyl sites for hydroxylation is 2. The second-order valence-corrected chi connectivity index (χ2v) is 7.07. The van der Waals surface area contributed by atoms with Gasteiger partial charge in [0.2, 0.25) is 0 Å². The molecular weight excluding hydrogens is 262 g/mol. The molecule has 1 aromatic heterocycles. The van der Waals surface area contributed by atoms with Gasteiger partial charge in [0.05, 0.1) is 0 Å². The van der Waals surface area contributed by atoms with E-state index in [0.717, 1.165) is 31.2 Å². The summed E-state index contributed by atoms with van der Waals surface area (Å²) in [5.41, 5.74) is 1.46. The molecule has 1 atom stereocenters. The lowest BCUT2D eigenvalue weighted by Crippen LogP contribution is -2.57. The molecule has 1 aromatic rings. The molecule has 0 amide bonds. The SMILES string of the molecule is Cc1cc(C(C)NCC(C)(C)N2CCN(C)CC2)c(C)o1. The maximum absolute atomic E-state index is 5.64. The number of nitrogens with zero attached hydrogens (tertiary/aromatic N) is 2. The van der Waals surface area contributed by atoms with Crippen molar-refractivity contribution in [3.63, 3.8) is 0 Å². The summed E-state index contributed by atoms with van der Waals surface area (Å²) in [5, 5.41) is 3.69. The summed E-state index contributed by atoms with van der Waals surface area (Å²) in [5.74, 6) is 2.03. The Morgan fingerprint density at radius 1 is 1.24 bits per heavy atom. The highest BCUT2D eigenvalue weighted by molar-refractivity contribution is 5.23. The number of piperazine rings is 1. The van der Waals surface area contributed by atoms with Crippen LogP contribution in [0.2, 0.25) is 0 Å². The first-order chi connectivity index (χ1) is 9.79. The number of nitrogens with one attached hydrogen (secondary N) is 1. The second-order valence-electron chi connectivity index (χ2n) is 7.07. The molecule has 1 aliphatic heterocycles. The van der Waals surface area contributed by atoms with Crippen molar-refractivity contribution < 1.29 is 4.42 Å². The van der Waals surface area contributed by atoms with Gasteiger partial charge in [0.25, 0.3) is 0 Å². The van der Waals surface area contributed by atoms with Gasteiger partial charge >= 0.3 is 0 Å². The van der Waals surface area contributed by atoms with E-state index in [0.29, 0.717) is 6.04 Å². The molecule has 0 radical (unpaired) electrons. The summed E-state index contributed by atoms with van der Waals surface area (Å²) in [6.07, 6.45) is 0. The first-order valence-electron chi connectivity index (χ1n) is 8.03. The van der Waals surface area contributed by atoms with Gasteiger partial charge < -0.3 is 14.6 Å². The monoisotopic (exact) mass is 293 g/mol. The molecule has 0 bridgehead atoms. The lowest BCUT2D eigenvalue weighted by atomic mass is 10.00. The Kier molecular flexibility index (Phi) is 5.12. The molecule has 1 unspecified atom stereocenters. The zero-order valence-corrected chi connectivity index (χ0v) is 14.5. The van der Waals surface area contributed by atoms with Crippen molar-refractivity contribution in [3.8, 4) is 0 Å². The first kappa shape index (κ1) is 16.5. The average Bonchev–Trinajstić information content (AvgIpc) is 2.76. The summed E-state index contributed by atoms with van der Waals surface area (Å²) in [6, 6.07) is 2.48. The smallest absolute Gasteiger partial charge is 0.105 e. The second kappa shape index (κ2) is 6.51. The molecule has 1 saturated heterocycles. The number of hydrogen-bond donors (Lipinski definition) is 1. The number of furan rings is 1. The van der Waals surface area contributed by atoms with Crippen LogP contribution in [0.3, 0.4) is 0 Å². The average molecular weight is 293 g/mol. The molecular formula is C17H31N3O. The Morgan fingerprint density at radius 3 is 2.38 bits per heavy atom. The van der Waals surface area contributed by atoms with E-state index in [4.69, 9.17) is 4.42 Å². The van der Waals surface area contributed by atoms with Gasteiger partial charge in [-0.2, -0.15) is 0 Å². The number of likely N-dealkylation sites (N-methyl/N-ethyl adjacent to an activating group) is 1. The molecule has 2 heterocycles. The predicted molar refractivity (Wildman–Crippen MR) is 87.7 cm³/mol. The number of rotatable bonds is 5. The van der Waals surface area contributed by atoms with E-state index >= 15 is 0 Å². The Morgan fingerprint density at radius 2 is 1.86 bits per heavy atom. The summed E-state index contributed by atoms with van der Waals surface area (Å²) in [7, 11) is 2.20. The van der Waals surface area contributed by atoms with E-state index in [1.807, 2.05) is 13.8 Å². The third-order valence-corrected chi connectivity index (χ3v) is 4.75. The van der Waals surface area contributed by atoms with Crippen LogP contribution < -0.4 is 5.32 Å². The van der Waals surface area contributed by atoms with Crippen molar-refractivity contribution >= 4 is 0 Å². The highest BCUT2D eigenvalue weighted by atomic mass is 16.3. The van der Waals surface area contributed by atoms with E-state index in [2.05, 4.69) is 49.0 Å². The topological polar surface area (TPSA) is 31.6 Å². The van der Waals surface area contributed by atoms with E-state index in [9.17, 15) is 0 Å². The molecule has 2 rings (SSSR count). The van der Waals surface area contributed by atoms with Gasteiger partial charge in [0, 0.05) is 49.9 Å². The Hall–Kier alpha value is -0.840. The lowest BCUT2D eigenvalue weighted by Gasteiger charge is -2.43. The van der Waals surface area contributed by atoms with Crippen LogP contribution in [-0.2, 0) is 0 Å². The van der Waals surface area contributed by atoms with Crippen molar-refractivity contribution in [2.75, 3.05) is 39.8 Å². The summed E-state index contributed by atoms with van der Waals surface area (Å²) in [4.78, 5) is 5.00. The van der Waals surface area contributed by atoms with Crippen molar-refractivity contribution in [1.82, 2.24) is 15.1 Å². The molecule has 1 N–H and O–H groups in total. The fourth-order valence-electron chi connectivity index (χ4n) is 3.12. The van der Waals surface area contributed by atoms with Crippen LogP contribution in [0.1, 0.15) is 43.9 Å². The molecule has 4 nitrogen and oxygen atoms in total. The van der Waals surface area contributed by atoms with Crippen LogP contribution >= 0.6 is 0 Å². The highest BCUT2D eigenvalue weighted by Gasteiger charge is 2.29. The molecule has 21 heavy (non-hydrogen) atoms. The minimum atomic E-state index is 0.183. The zero-order valence-electron chi connectivity index (χ0n) is 14.5. The summed E-state index contributed by atoms with van der Waals surface area (Å²) >= 11 is 0. The fraction of sp³-hybridized carbons (Fsp3) is 0.765. The van der Waals surface area contributed by atoms with Crippen LogP contribution in [0.25, 0.3) is 0 Å². The standard InChI is InChI=1S/C17H31N3O/c1-13-11-16(15(3)21-13)14(2)18-12-17(4,5)20-9-7-19(6)8-10-20/h11,14,18H,7-10,12H2,1-6H3. The van der Waals surface area contributed by atoms with Gasteiger partial charge in [-0.15, -0.1) is 0 Å². The molecule has 0 spiro atoms. The van der Waals surface area contributed by atoms with Gasteiger partial charge in [-0.3, -0.25) is 4.90 Å². The van der Waals surface area contributed by atoms with Crippen LogP contribution in [0.15, 0.2) is 10.5 Å². The van der Waals surface area contributed by atoms with Crippen LogP contribution in [0, 0.1) is 13.8 Å². The van der Waals surface area contributed by atoms with Gasteiger partial charge in [0.1, 0.15) is 11.5 Å². The summed E-state index contributed by atoms with van der Waals surface area (Å²) < 4.78 is 5.64. The minimum Gasteiger partial charge on any atom is -0.466 e. The molecule has 1 aliphatic rings. The van der Waals surface area contributed by atoms with Gasteiger partial charge in [0.15, 0.2) is 0 Å². The molecule has 4 heteroatoms. The number of hydrogen-bond acceptors (Lipinski definition) is 4. The third kappa shape index (κ3) is 4.09. The quantitative estimate of drug-likeness (QED) is 0.904. The van der Waals surface area contributed by atoms with Crippen molar-refractivity contribution in [2.45, 2.75) is 46.2 Å². The Balaban J connectivity index is 1.90. The van der Waals surface area contributed by atoms with Crippen LogP contribution in [0.4, 0.5) is 0 Å². The predicted octanol–water partition coefficient (Wildman–Crippen LogP) is 2.57. The largest absolute Gasteiger partial charge is 0.466 e. The maximum atomic E-state index is 5.64. The lowest BCUT2D eigenvalue weighted by molar-refractivity contribution is 0.0604. The van der Waals surface area contributed by atoms with Gasteiger partial charge in [-0.05, 0) is 47.7 Å². The Labute approximate surface area is 129 Å². The molecule has 1 fully saturated rings. The van der Waals surface area contributed by atoms with Crippen LogP contribution in [-0.4, -0.2) is 55.1 Å². The third-order valence-electron chi connectivity index (χ3n) is 4.75. The fourth-order valence-corrected chi connectivity index (χ4v) is 3.12. The van der Waals surface area contributed by atoms with E-state index in [-0.39, 0.29) is 5.54 Å².